The average Bonchev–Trinajstić information content (AvgIpc) is 1.81. The van der Waals surface area contributed by atoms with Gasteiger partial charge in [-0.1, -0.05) is 12.2 Å². The molecular weight excluding hydrogens is 157 g/mol. The lowest BCUT2D eigenvalue weighted by molar-refractivity contribution is -0.119. The molecule has 12 heavy (non-hydrogen) atoms. The van der Waals surface area contributed by atoms with E-state index in [2.05, 4.69) is 11.9 Å². The number of carbonyl (C=O) groups is 1. The van der Waals surface area contributed by atoms with E-state index < -0.39 is 6.17 Å². The molecule has 2 nitrogen and oxygen atoms in total. The fraction of sp³-hybridized carbons (Fsp3) is 0.667. The van der Waals surface area contributed by atoms with Crippen molar-refractivity contribution in [2.24, 2.45) is 0 Å². The Labute approximate surface area is 71.8 Å². The summed E-state index contributed by atoms with van der Waals surface area (Å²) in [6.07, 6.45) is 0.775. The summed E-state index contributed by atoms with van der Waals surface area (Å²) in [4.78, 5) is 10.7. The zero-order valence-electron chi connectivity index (χ0n) is 7.27. The highest BCUT2D eigenvalue weighted by molar-refractivity contribution is 5.73. The summed E-state index contributed by atoms with van der Waals surface area (Å²) < 4.78 is 12.9. The highest BCUT2D eigenvalue weighted by Crippen LogP contribution is 2.24. The van der Waals surface area contributed by atoms with E-state index in [9.17, 15) is 9.18 Å². The van der Waals surface area contributed by atoms with E-state index in [4.69, 9.17) is 0 Å². The van der Waals surface area contributed by atoms with E-state index in [1.807, 2.05) is 0 Å². The molecule has 2 atom stereocenters. The fourth-order valence-electron chi connectivity index (χ4n) is 1.62. The van der Waals surface area contributed by atoms with Crippen LogP contribution in [0.15, 0.2) is 12.2 Å². The molecular formula is C9H14FNO. The monoisotopic (exact) mass is 171 g/mol. The van der Waals surface area contributed by atoms with Gasteiger partial charge in [-0.2, -0.15) is 0 Å². The van der Waals surface area contributed by atoms with Gasteiger partial charge < -0.3 is 5.32 Å². The van der Waals surface area contributed by atoms with Crippen molar-refractivity contribution >= 4 is 5.91 Å². The van der Waals surface area contributed by atoms with Crippen LogP contribution in [0.3, 0.4) is 0 Å². The molecule has 3 heteroatoms. The van der Waals surface area contributed by atoms with Crippen LogP contribution in [0.4, 0.5) is 4.39 Å². The van der Waals surface area contributed by atoms with Crippen molar-refractivity contribution < 1.29 is 9.18 Å². The van der Waals surface area contributed by atoms with Crippen molar-refractivity contribution in [3.8, 4) is 0 Å². The molecule has 0 bridgehead atoms. The van der Waals surface area contributed by atoms with Crippen molar-refractivity contribution in [1.82, 2.24) is 5.32 Å². The first-order valence-electron chi connectivity index (χ1n) is 4.15. The first kappa shape index (κ1) is 9.23. The van der Waals surface area contributed by atoms with Crippen LogP contribution in [0.2, 0.25) is 0 Å². The molecule has 0 aromatic rings. The van der Waals surface area contributed by atoms with Gasteiger partial charge in [-0.3, -0.25) is 4.79 Å². The van der Waals surface area contributed by atoms with Gasteiger partial charge >= 0.3 is 0 Å². The molecule has 68 valence electrons. The van der Waals surface area contributed by atoms with Gasteiger partial charge in [0.25, 0.3) is 0 Å². The Balaban J connectivity index is 2.44. The molecule has 0 radical (unpaired) electrons. The number of amides is 1. The first-order chi connectivity index (χ1) is 5.58. The third kappa shape index (κ3) is 2.64. The maximum Gasteiger partial charge on any atom is 0.217 e. The maximum atomic E-state index is 12.9. The summed E-state index contributed by atoms with van der Waals surface area (Å²) in [6, 6.07) is -0.0428. The predicted molar refractivity (Wildman–Crippen MR) is 45.5 cm³/mol. The SMILES string of the molecule is C=C1CC(F)CC(NC(C)=O)C1. The lowest BCUT2D eigenvalue weighted by Gasteiger charge is -2.26. The number of alkyl halides is 1. The molecule has 1 aliphatic rings. The molecule has 0 aromatic heterocycles. The third-order valence-electron chi connectivity index (χ3n) is 1.99. The standard InChI is InChI=1S/C9H14FNO/c1-6-3-8(10)5-9(4-6)11-7(2)12/h8-9H,1,3-5H2,2H3,(H,11,12). The summed E-state index contributed by atoms with van der Waals surface area (Å²) in [7, 11) is 0. The van der Waals surface area contributed by atoms with Crippen molar-refractivity contribution in [2.45, 2.75) is 38.4 Å². The van der Waals surface area contributed by atoms with Crippen LogP contribution in [0.5, 0.6) is 0 Å². The Bertz CT molecular complexity index is 201. The van der Waals surface area contributed by atoms with E-state index in [0.717, 1.165) is 12.0 Å². The van der Waals surface area contributed by atoms with Gasteiger partial charge in [0.2, 0.25) is 5.91 Å². The summed E-state index contributed by atoms with van der Waals surface area (Å²) in [5.41, 5.74) is 0.896. The number of rotatable bonds is 1. The molecule has 1 aliphatic carbocycles. The van der Waals surface area contributed by atoms with Gasteiger partial charge in [-0.25, -0.2) is 4.39 Å². The molecule has 1 amide bonds. The van der Waals surface area contributed by atoms with Gasteiger partial charge in [-0.05, 0) is 19.3 Å². The first-order valence-corrected chi connectivity index (χ1v) is 4.15. The van der Waals surface area contributed by atoms with Crippen molar-refractivity contribution in [3.05, 3.63) is 12.2 Å². The second-order valence-electron chi connectivity index (χ2n) is 3.39. The van der Waals surface area contributed by atoms with Gasteiger partial charge in [0.05, 0.1) is 0 Å². The minimum absolute atomic E-state index is 0.0428. The second kappa shape index (κ2) is 3.70. The topological polar surface area (TPSA) is 29.1 Å². The summed E-state index contributed by atoms with van der Waals surface area (Å²) in [6.45, 7) is 5.18. The predicted octanol–water partition coefficient (Wildman–Crippen LogP) is 1.57. The largest absolute Gasteiger partial charge is 0.353 e. The van der Waals surface area contributed by atoms with Crippen LogP contribution in [0, 0.1) is 0 Å². The van der Waals surface area contributed by atoms with Crippen LogP contribution in [-0.4, -0.2) is 18.1 Å². The Morgan fingerprint density at radius 2 is 2.33 bits per heavy atom. The van der Waals surface area contributed by atoms with Crippen LogP contribution >= 0.6 is 0 Å². The second-order valence-corrected chi connectivity index (χ2v) is 3.39. The smallest absolute Gasteiger partial charge is 0.217 e. The summed E-state index contributed by atoms with van der Waals surface area (Å²) in [5, 5.41) is 2.70. The average molecular weight is 171 g/mol. The number of hydrogen-bond donors (Lipinski definition) is 1. The van der Waals surface area contributed by atoms with E-state index >= 15 is 0 Å². The quantitative estimate of drug-likeness (QED) is 0.596. The molecule has 1 N–H and O–H groups in total. The number of halogens is 1. The van der Waals surface area contributed by atoms with Crippen molar-refractivity contribution in [1.29, 1.82) is 0 Å². The molecule has 1 rings (SSSR count). The fourth-order valence-corrected chi connectivity index (χ4v) is 1.62. The normalized spacial score (nSPS) is 30.0. The third-order valence-corrected chi connectivity index (χ3v) is 1.99. The van der Waals surface area contributed by atoms with Crippen LogP contribution in [-0.2, 0) is 4.79 Å². The Morgan fingerprint density at radius 1 is 1.67 bits per heavy atom. The van der Waals surface area contributed by atoms with Crippen LogP contribution in [0.25, 0.3) is 0 Å². The molecule has 0 aliphatic heterocycles. The molecule has 0 saturated heterocycles. The van der Waals surface area contributed by atoms with E-state index in [0.29, 0.717) is 12.8 Å². The Kier molecular flexibility index (Phi) is 2.84. The number of hydrogen-bond acceptors (Lipinski definition) is 1. The minimum Gasteiger partial charge on any atom is -0.353 e. The molecule has 0 aromatic carbocycles. The summed E-state index contributed by atoms with van der Waals surface area (Å²) >= 11 is 0. The van der Waals surface area contributed by atoms with Gasteiger partial charge in [-0.15, -0.1) is 0 Å². The van der Waals surface area contributed by atoms with E-state index in [1.54, 1.807) is 0 Å². The van der Waals surface area contributed by atoms with Gasteiger partial charge in [0, 0.05) is 13.0 Å². The van der Waals surface area contributed by atoms with Gasteiger partial charge in [0.15, 0.2) is 0 Å². The van der Waals surface area contributed by atoms with E-state index in [1.165, 1.54) is 6.92 Å². The molecule has 0 spiro atoms. The lowest BCUT2D eigenvalue weighted by Crippen LogP contribution is -2.38. The molecule has 0 heterocycles. The van der Waals surface area contributed by atoms with Crippen LogP contribution < -0.4 is 5.32 Å². The minimum atomic E-state index is -0.830. The van der Waals surface area contributed by atoms with Gasteiger partial charge in [0.1, 0.15) is 6.17 Å². The Morgan fingerprint density at radius 3 is 2.83 bits per heavy atom. The highest BCUT2D eigenvalue weighted by atomic mass is 19.1. The zero-order valence-corrected chi connectivity index (χ0v) is 7.27. The van der Waals surface area contributed by atoms with E-state index in [-0.39, 0.29) is 11.9 Å². The maximum absolute atomic E-state index is 12.9. The van der Waals surface area contributed by atoms with Crippen LogP contribution in [0.1, 0.15) is 26.2 Å². The zero-order chi connectivity index (χ0) is 9.14. The Hall–Kier alpha value is -0.860. The number of nitrogens with one attached hydrogen (secondary N) is 1. The molecule has 2 unspecified atom stereocenters. The number of carbonyl (C=O) groups excluding carboxylic acids is 1. The van der Waals surface area contributed by atoms with Crippen molar-refractivity contribution in [2.75, 3.05) is 0 Å². The molecule has 1 fully saturated rings. The molecule has 1 saturated carbocycles. The highest BCUT2D eigenvalue weighted by Gasteiger charge is 2.23. The summed E-state index contributed by atoms with van der Waals surface area (Å²) in [5.74, 6) is -0.0955. The lowest BCUT2D eigenvalue weighted by atomic mass is 9.90. The van der Waals surface area contributed by atoms with Crippen molar-refractivity contribution in [3.63, 3.8) is 0 Å².